The molecule has 2 aromatic rings. The highest BCUT2D eigenvalue weighted by atomic mass is 16.6. The standard InChI is InChI=1S/C33H35N3O6/c1-6-8-9-29(22(3)26-10-12-28(13-11-26)33(38)39)21-35-18-19-42-31(24(35)5)20-25(7-2)32(37)34-23(4)27-14-16-30(17-15-27)36(40)41/h6-17,20,23H,3,5,18-19,21H2,1-2,4H3,(H,34,37)(H,38,39)/b8-6-,25-7+,29-9-,31-20+/t23-/m0/s1. The smallest absolute Gasteiger partial charge is 0.335 e. The van der Waals surface area contributed by atoms with Crippen molar-refractivity contribution in [1.82, 2.24) is 10.2 Å². The van der Waals surface area contributed by atoms with E-state index in [1.165, 1.54) is 12.1 Å². The molecule has 0 aliphatic carbocycles. The highest BCUT2D eigenvalue weighted by Gasteiger charge is 2.23. The summed E-state index contributed by atoms with van der Waals surface area (Å²) in [4.78, 5) is 36.9. The van der Waals surface area contributed by atoms with Crippen molar-refractivity contribution >= 4 is 23.1 Å². The van der Waals surface area contributed by atoms with Crippen molar-refractivity contribution in [3.63, 3.8) is 0 Å². The Kier molecular flexibility index (Phi) is 10.8. The monoisotopic (exact) mass is 569 g/mol. The normalized spacial score (nSPS) is 15.8. The summed E-state index contributed by atoms with van der Waals surface area (Å²) >= 11 is 0. The Hall–Kier alpha value is -5.18. The fraction of sp³-hybridized carbons (Fsp3) is 0.212. The van der Waals surface area contributed by atoms with E-state index in [0.717, 1.165) is 22.3 Å². The van der Waals surface area contributed by atoms with Gasteiger partial charge in [-0.15, -0.1) is 0 Å². The van der Waals surface area contributed by atoms with E-state index in [1.54, 1.807) is 62.4 Å². The van der Waals surface area contributed by atoms with Crippen molar-refractivity contribution in [2.75, 3.05) is 19.7 Å². The molecule has 3 rings (SSSR count). The minimum Gasteiger partial charge on any atom is -0.490 e. The number of nitrogens with one attached hydrogen (secondary N) is 1. The van der Waals surface area contributed by atoms with E-state index in [9.17, 15) is 24.8 Å². The third kappa shape index (κ3) is 7.94. The highest BCUT2D eigenvalue weighted by molar-refractivity contribution is 5.96. The van der Waals surface area contributed by atoms with Crippen molar-refractivity contribution in [2.24, 2.45) is 0 Å². The lowest BCUT2D eigenvalue weighted by molar-refractivity contribution is -0.384. The zero-order valence-electron chi connectivity index (χ0n) is 24.0. The first-order valence-corrected chi connectivity index (χ1v) is 13.4. The predicted molar refractivity (Wildman–Crippen MR) is 163 cm³/mol. The maximum atomic E-state index is 13.1. The van der Waals surface area contributed by atoms with Crippen LogP contribution >= 0.6 is 0 Å². The van der Waals surface area contributed by atoms with Gasteiger partial charge in [-0.1, -0.05) is 61.7 Å². The highest BCUT2D eigenvalue weighted by Crippen LogP contribution is 2.28. The number of nitro groups is 1. The largest absolute Gasteiger partial charge is 0.490 e. The molecule has 42 heavy (non-hydrogen) atoms. The molecule has 218 valence electrons. The number of benzene rings is 2. The van der Waals surface area contributed by atoms with E-state index in [2.05, 4.69) is 18.5 Å². The summed E-state index contributed by atoms with van der Waals surface area (Å²) in [7, 11) is 0. The third-order valence-electron chi connectivity index (χ3n) is 6.82. The number of carbonyl (C=O) groups is 2. The molecule has 0 radical (unpaired) electrons. The lowest BCUT2D eigenvalue weighted by Crippen LogP contribution is -2.35. The van der Waals surface area contributed by atoms with Crippen LogP contribution in [0.2, 0.25) is 0 Å². The fourth-order valence-electron chi connectivity index (χ4n) is 4.27. The Morgan fingerprint density at radius 1 is 1.14 bits per heavy atom. The molecular formula is C33H35N3O6. The molecule has 0 unspecified atom stereocenters. The maximum absolute atomic E-state index is 13.1. The number of nitrogens with zero attached hydrogens (tertiary/aromatic N) is 2. The van der Waals surface area contributed by atoms with Gasteiger partial charge in [-0.3, -0.25) is 14.9 Å². The van der Waals surface area contributed by atoms with Crippen LogP contribution in [0.3, 0.4) is 0 Å². The summed E-state index contributed by atoms with van der Waals surface area (Å²) in [5.74, 6) is -0.846. The minimum atomic E-state index is -0.990. The molecule has 0 spiro atoms. The van der Waals surface area contributed by atoms with Gasteiger partial charge in [0.15, 0.2) is 0 Å². The number of morpholine rings is 1. The Bertz CT molecular complexity index is 1480. The number of amides is 1. The van der Waals surface area contributed by atoms with Crippen LogP contribution in [0.15, 0.2) is 115 Å². The number of allylic oxidation sites excluding steroid dienone is 4. The van der Waals surface area contributed by atoms with Crippen molar-refractivity contribution in [3.8, 4) is 0 Å². The molecule has 0 saturated carbocycles. The van der Waals surface area contributed by atoms with Crippen molar-refractivity contribution in [1.29, 1.82) is 0 Å². The quantitative estimate of drug-likeness (QED) is 0.140. The molecule has 0 bridgehead atoms. The van der Waals surface area contributed by atoms with Crippen LogP contribution in [0.5, 0.6) is 0 Å². The van der Waals surface area contributed by atoms with Gasteiger partial charge in [0.25, 0.3) is 11.6 Å². The number of aromatic carboxylic acids is 1. The number of carboxylic acids is 1. The summed E-state index contributed by atoms with van der Waals surface area (Å²) in [5, 5.41) is 23.1. The Balaban J connectivity index is 1.75. The van der Waals surface area contributed by atoms with Gasteiger partial charge in [-0.2, -0.15) is 0 Å². The second kappa shape index (κ2) is 14.5. The first-order valence-electron chi connectivity index (χ1n) is 13.4. The number of non-ortho nitro benzene ring substituents is 1. The van der Waals surface area contributed by atoms with Crippen LogP contribution in [0.4, 0.5) is 5.69 Å². The van der Waals surface area contributed by atoms with Crippen LogP contribution in [-0.4, -0.2) is 46.5 Å². The first kappa shape index (κ1) is 31.3. The van der Waals surface area contributed by atoms with Crippen LogP contribution in [0.1, 0.15) is 48.3 Å². The molecule has 9 heteroatoms. The van der Waals surface area contributed by atoms with Gasteiger partial charge in [0.2, 0.25) is 0 Å². The van der Waals surface area contributed by atoms with E-state index >= 15 is 0 Å². The van der Waals surface area contributed by atoms with Gasteiger partial charge in [0.05, 0.1) is 28.8 Å². The number of ether oxygens (including phenoxy) is 1. The lowest BCUT2D eigenvalue weighted by Gasteiger charge is -2.34. The number of rotatable bonds is 11. The fourth-order valence-corrected chi connectivity index (χ4v) is 4.27. The second-order valence-corrected chi connectivity index (χ2v) is 9.59. The van der Waals surface area contributed by atoms with Gasteiger partial charge in [-0.25, -0.2) is 4.79 Å². The summed E-state index contributed by atoms with van der Waals surface area (Å²) in [6.45, 7) is 15.4. The van der Waals surface area contributed by atoms with Crippen LogP contribution in [-0.2, 0) is 9.53 Å². The number of nitro benzene ring substituents is 1. The molecule has 1 saturated heterocycles. The molecule has 1 aliphatic rings. The molecule has 1 amide bonds. The van der Waals surface area contributed by atoms with Crippen LogP contribution in [0.25, 0.3) is 5.57 Å². The molecule has 2 N–H and O–H groups in total. The SMILES string of the molecule is C=C(/C(=C\C=C/C)CN1CCO/C(=C/C(=C\C)C(=O)N[C@@H](C)c2ccc([N+](=O)[O-])cc2)C1=C)c1ccc(C(=O)O)cc1. The van der Waals surface area contributed by atoms with E-state index in [1.807, 2.05) is 30.1 Å². The maximum Gasteiger partial charge on any atom is 0.335 e. The number of hydrogen-bond acceptors (Lipinski definition) is 6. The Morgan fingerprint density at radius 3 is 2.36 bits per heavy atom. The predicted octanol–water partition coefficient (Wildman–Crippen LogP) is 6.36. The number of carboxylic acid groups (broad SMARTS) is 1. The summed E-state index contributed by atoms with van der Waals surface area (Å²) in [5.41, 5.74) is 4.39. The van der Waals surface area contributed by atoms with Crippen LogP contribution < -0.4 is 5.32 Å². The lowest BCUT2D eigenvalue weighted by atomic mass is 9.97. The van der Waals surface area contributed by atoms with Crippen molar-refractivity contribution < 1.29 is 24.4 Å². The zero-order chi connectivity index (χ0) is 30.8. The average Bonchev–Trinajstić information content (AvgIpc) is 2.99. The average molecular weight is 570 g/mol. The summed E-state index contributed by atoms with van der Waals surface area (Å²) < 4.78 is 5.90. The van der Waals surface area contributed by atoms with E-state index < -0.39 is 10.9 Å². The number of carbonyl (C=O) groups excluding carboxylic acids is 1. The van der Waals surface area contributed by atoms with Gasteiger partial charge in [-0.05, 0) is 61.3 Å². The molecule has 1 heterocycles. The van der Waals surface area contributed by atoms with E-state index in [0.29, 0.717) is 36.7 Å². The number of hydrogen-bond donors (Lipinski definition) is 2. The molecule has 1 fully saturated rings. The van der Waals surface area contributed by atoms with Gasteiger partial charge >= 0.3 is 5.97 Å². The minimum absolute atomic E-state index is 0.0166. The van der Waals surface area contributed by atoms with Gasteiger partial charge in [0, 0.05) is 24.3 Å². The zero-order valence-corrected chi connectivity index (χ0v) is 24.0. The van der Waals surface area contributed by atoms with Crippen molar-refractivity contribution in [2.45, 2.75) is 26.8 Å². The van der Waals surface area contributed by atoms with E-state index in [4.69, 9.17) is 4.74 Å². The first-order chi connectivity index (χ1) is 20.0. The second-order valence-electron chi connectivity index (χ2n) is 9.59. The molecule has 1 aliphatic heterocycles. The third-order valence-corrected chi connectivity index (χ3v) is 6.82. The Morgan fingerprint density at radius 2 is 1.79 bits per heavy atom. The summed E-state index contributed by atoms with van der Waals surface area (Å²) in [6.07, 6.45) is 9.13. The molecular weight excluding hydrogens is 534 g/mol. The van der Waals surface area contributed by atoms with Crippen LogP contribution in [0, 0.1) is 10.1 Å². The van der Waals surface area contributed by atoms with Gasteiger partial charge < -0.3 is 20.1 Å². The summed E-state index contributed by atoms with van der Waals surface area (Å²) in [6, 6.07) is 12.3. The Labute approximate surface area is 245 Å². The molecule has 2 aromatic carbocycles. The molecule has 1 atom stereocenters. The topological polar surface area (TPSA) is 122 Å². The van der Waals surface area contributed by atoms with Gasteiger partial charge in [0.1, 0.15) is 12.4 Å². The molecule has 0 aromatic heterocycles. The molecule has 9 nitrogen and oxygen atoms in total. The van der Waals surface area contributed by atoms with Crippen molar-refractivity contribution in [3.05, 3.63) is 141 Å². The van der Waals surface area contributed by atoms with E-state index in [-0.39, 0.29) is 23.2 Å².